The van der Waals surface area contributed by atoms with Crippen molar-refractivity contribution in [2.75, 3.05) is 0 Å². The Balaban J connectivity index is 0. The van der Waals surface area contributed by atoms with Crippen LogP contribution in [-0.2, 0) is 35.8 Å². The number of hydrogen-bond acceptors (Lipinski definition) is 2. The molecule has 3 heteroatoms. The van der Waals surface area contributed by atoms with Crippen molar-refractivity contribution >= 4 is 11.6 Å². The van der Waals surface area contributed by atoms with Crippen LogP contribution in [-0.4, -0.2) is 11.6 Å². The summed E-state index contributed by atoms with van der Waals surface area (Å²) in [4.78, 5) is 20.6. The molecule has 0 unspecified atom stereocenters. The predicted octanol–water partition coefficient (Wildman–Crippen LogP) is 0.942. The van der Waals surface area contributed by atoms with Gasteiger partial charge < -0.3 is 0 Å². The number of hydrogen-bond donors (Lipinski definition) is 0. The number of Topliss-reactive ketones (excluding diaryl/α,β-unsaturated/α-hetero) is 2. The Morgan fingerprint density at radius 1 is 1.33 bits per heavy atom. The molecule has 0 rings (SSSR count). The van der Waals surface area contributed by atoms with Crippen LogP contribution in [0.4, 0.5) is 0 Å². The average Bonchev–Trinajstić information content (AvgIpc) is 1.67. The molecule has 0 aromatic carbocycles. The minimum Gasteiger partial charge on any atom is -0.291 e. The molecule has 0 saturated heterocycles. The van der Waals surface area contributed by atoms with Crippen molar-refractivity contribution in [3.63, 3.8) is 0 Å². The first-order chi connectivity index (χ1) is 3.68. The molecule has 0 fully saturated rings. The van der Waals surface area contributed by atoms with Gasteiger partial charge in [-0.2, -0.15) is 0 Å². The van der Waals surface area contributed by atoms with Crippen LogP contribution < -0.4 is 0 Å². The van der Waals surface area contributed by atoms with Crippen molar-refractivity contribution < 1.29 is 35.8 Å². The number of rotatable bonds is 3. The van der Waals surface area contributed by atoms with Gasteiger partial charge in [0.05, 0.1) is 0 Å². The summed E-state index contributed by atoms with van der Waals surface area (Å²) in [5, 5.41) is 0. The van der Waals surface area contributed by atoms with E-state index in [0.717, 1.165) is 6.42 Å². The number of carbonyl (C=O) groups excluding carboxylic acids is 2. The summed E-state index contributed by atoms with van der Waals surface area (Å²) in [5.41, 5.74) is 0. The van der Waals surface area contributed by atoms with E-state index in [1.54, 1.807) is 0 Å². The Labute approximate surface area is 74.1 Å². The second-order valence-corrected chi connectivity index (χ2v) is 1.73. The summed E-state index contributed by atoms with van der Waals surface area (Å²) in [6.07, 6.45) is 1.16. The molecule has 0 spiro atoms. The number of carbonyl (C=O) groups is 2. The predicted molar refractivity (Wildman–Crippen MR) is 30.6 cm³/mol. The molecular formula is C6H10O2Zr. The largest absolute Gasteiger partial charge is 0.291 e. The Morgan fingerprint density at radius 3 is 1.89 bits per heavy atom. The average molecular weight is 205 g/mol. The van der Waals surface area contributed by atoms with Crippen molar-refractivity contribution in [1.29, 1.82) is 0 Å². The first-order valence-corrected chi connectivity index (χ1v) is 2.72. The van der Waals surface area contributed by atoms with Gasteiger partial charge in [-0.1, -0.05) is 6.92 Å². The quantitative estimate of drug-likeness (QED) is 0.643. The molecule has 0 saturated carbocycles. The minimum atomic E-state index is -0.327. The van der Waals surface area contributed by atoms with E-state index in [1.165, 1.54) is 6.92 Å². The van der Waals surface area contributed by atoms with Crippen molar-refractivity contribution in [2.45, 2.75) is 26.7 Å². The van der Waals surface area contributed by atoms with E-state index in [-0.39, 0.29) is 37.8 Å². The molecule has 50 valence electrons. The maximum atomic E-state index is 10.4. The molecule has 0 atom stereocenters. The zero-order valence-electron chi connectivity index (χ0n) is 5.73. The van der Waals surface area contributed by atoms with E-state index in [9.17, 15) is 9.59 Å². The van der Waals surface area contributed by atoms with Crippen molar-refractivity contribution in [3.05, 3.63) is 0 Å². The third-order valence-electron chi connectivity index (χ3n) is 0.870. The van der Waals surface area contributed by atoms with Gasteiger partial charge in [-0.3, -0.25) is 9.59 Å². The van der Waals surface area contributed by atoms with Crippen LogP contribution >= 0.6 is 0 Å². The summed E-state index contributed by atoms with van der Waals surface area (Å²) in [6.45, 7) is 3.18. The summed E-state index contributed by atoms with van der Waals surface area (Å²) in [5.74, 6) is -0.584. The standard InChI is InChI=1S/C6H10O2.Zr/c1-3-4-6(8)5(2)7;/h3-4H2,1-2H3;. The molecule has 0 bridgehead atoms. The monoisotopic (exact) mass is 204 g/mol. The van der Waals surface area contributed by atoms with E-state index < -0.39 is 0 Å². The Morgan fingerprint density at radius 2 is 1.78 bits per heavy atom. The van der Waals surface area contributed by atoms with Crippen molar-refractivity contribution in [2.24, 2.45) is 0 Å². The SMILES string of the molecule is CCCC(=O)C(C)=O.[Zr]. The van der Waals surface area contributed by atoms with E-state index in [0.29, 0.717) is 6.42 Å². The molecular weight excluding hydrogens is 195 g/mol. The molecule has 0 aliphatic rings. The molecule has 0 radical (unpaired) electrons. The van der Waals surface area contributed by atoms with Crippen LogP contribution in [0.3, 0.4) is 0 Å². The minimum absolute atomic E-state index is 0. The van der Waals surface area contributed by atoms with Gasteiger partial charge in [0.25, 0.3) is 0 Å². The Bertz CT molecular complexity index is 110. The molecule has 0 amide bonds. The zero-order valence-corrected chi connectivity index (χ0v) is 8.19. The van der Waals surface area contributed by atoms with E-state index in [2.05, 4.69) is 0 Å². The third kappa shape index (κ3) is 6.10. The summed E-state index contributed by atoms with van der Waals surface area (Å²) >= 11 is 0. The van der Waals surface area contributed by atoms with Crippen LogP contribution in [0.5, 0.6) is 0 Å². The molecule has 2 nitrogen and oxygen atoms in total. The summed E-state index contributed by atoms with van der Waals surface area (Å²) < 4.78 is 0. The first-order valence-electron chi connectivity index (χ1n) is 2.72. The second kappa shape index (κ2) is 6.34. The fraction of sp³-hybridized carbons (Fsp3) is 0.667. The molecule has 0 aromatic rings. The van der Waals surface area contributed by atoms with E-state index in [4.69, 9.17) is 0 Å². The van der Waals surface area contributed by atoms with Crippen molar-refractivity contribution in [3.8, 4) is 0 Å². The maximum absolute atomic E-state index is 10.4. The molecule has 9 heavy (non-hydrogen) atoms. The van der Waals surface area contributed by atoms with Gasteiger partial charge in [0.2, 0.25) is 0 Å². The third-order valence-corrected chi connectivity index (χ3v) is 0.870. The fourth-order valence-electron chi connectivity index (χ4n) is 0.403. The normalized spacial score (nSPS) is 7.78. The Hall–Kier alpha value is 0.223. The fourth-order valence-corrected chi connectivity index (χ4v) is 0.403. The first kappa shape index (κ1) is 12.0. The second-order valence-electron chi connectivity index (χ2n) is 1.73. The molecule has 0 aliphatic heterocycles. The van der Waals surface area contributed by atoms with E-state index >= 15 is 0 Å². The van der Waals surface area contributed by atoms with Gasteiger partial charge in [0.1, 0.15) is 0 Å². The van der Waals surface area contributed by atoms with Gasteiger partial charge in [0, 0.05) is 39.5 Å². The van der Waals surface area contributed by atoms with Gasteiger partial charge in [0.15, 0.2) is 11.6 Å². The van der Waals surface area contributed by atoms with Crippen molar-refractivity contribution in [1.82, 2.24) is 0 Å². The van der Waals surface area contributed by atoms with Gasteiger partial charge in [-0.25, -0.2) is 0 Å². The van der Waals surface area contributed by atoms with E-state index in [1.807, 2.05) is 6.92 Å². The maximum Gasteiger partial charge on any atom is 0.198 e. The van der Waals surface area contributed by atoms with Crippen LogP contribution in [0, 0.1) is 0 Å². The molecule has 0 aliphatic carbocycles. The van der Waals surface area contributed by atoms with Crippen LogP contribution in [0.1, 0.15) is 26.7 Å². The smallest absolute Gasteiger partial charge is 0.198 e. The zero-order chi connectivity index (χ0) is 6.57. The molecule has 0 heterocycles. The van der Waals surface area contributed by atoms with Crippen LogP contribution in [0.25, 0.3) is 0 Å². The van der Waals surface area contributed by atoms with Gasteiger partial charge in [-0.05, 0) is 6.42 Å². The number of ketones is 2. The van der Waals surface area contributed by atoms with Gasteiger partial charge in [-0.15, -0.1) is 0 Å². The van der Waals surface area contributed by atoms with Crippen LogP contribution in [0.15, 0.2) is 0 Å². The summed E-state index contributed by atoms with van der Waals surface area (Å²) in [7, 11) is 0. The Kier molecular flexibility index (Phi) is 8.43. The molecule has 0 N–H and O–H groups in total. The van der Waals surface area contributed by atoms with Crippen LogP contribution in [0.2, 0.25) is 0 Å². The topological polar surface area (TPSA) is 34.1 Å². The molecule has 0 aromatic heterocycles. The summed E-state index contributed by atoms with van der Waals surface area (Å²) in [6, 6.07) is 0. The van der Waals surface area contributed by atoms with Gasteiger partial charge >= 0.3 is 0 Å².